The highest BCUT2D eigenvalue weighted by Crippen LogP contribution is 2.17. The van der Waals surface area contributed by atoms with Crippen molar-refractivity contribution in [1.29, 1.82) is 0 Å². The molecule has 0 spiro atoms. The van der Waals surface area contributed by atoms with Crippen LogP contribution in [0.25, 0.3) is 5.69 Å². The first-order valence-corrected chi connectivity index (χ1v) is 8.04. The lowest BCUT2D eigenvalue weighted by Crippen LogP contribution is -2.27. The van der Waals surface area contributed by atoms with E-state index >= 15 is 0 Å². The molecule has 128 valence electrons. The number of hydrogen-bond donors (Lipinski definition) is 1. The van der Waals surface area contributed by atoms with Crippen LogP contribution < -0.4 is 5.32 Å². The first-order chi connectivity index (χ1) is 11.4. The molecule has 6 nitrogen and oxygen atoms in total. The molecular weight excluding hydrogens is 330 g/mol. The second-order valence-electron chi connectivity index (χ2n) is 5.58. The van der Waals surface area contributed by atoms with Gasteiger partial charge in [0, 0.05) is 11.6 Å². The van der Waals surface area contributed by atoms with Crippen molar-refractivity contribution in [3.8, 4) is 5.69 Å². The van der Waals surface area contributed by atoms with Crippen molar-refractivity contribution in [3.63, 3.8) is 0 Å². The third kappa shape index (κ3) is 4.58. The minimum atomic E-state index is -0.336. The maximum absolute atomic E-state index is 12.2. The van der Waals surface area contributed by atoms with Crippen molar-refractivity contribution in [2.75, 3.05) is 6.54 Å². The summed E-state index contributed by atoms with van der Waals surface area (Å²) >= 11 is 5.99. The van der Waals surface area contributed by atoms with Crippen LogP contribution in [0.1, 0.15) is 36.3 Å². The zero-order valence-corrected chi connectivity index (χ0v) is 14.6. The number of nitrogens with zero attached hydrogens (tertiary/aromatic N) is 2. The van der Waals surface area contributed by atoms with Crippen LogP contribution in [0, 0.1) is 6.92 Å². The number of halogens is 1. The molecule has 0 atom stereocenters. The number of esters is 1. The largest absolute Gasteiger partial charge is 0.463 e. The molecule has 0 radical (unpaired) electrons. The van der Waals surface area contributed by atoms with E-state index in [0.717, 1.165) is 5.69 Å². The van der Waals surface area contributed by atoms with Crippen LogP contribution in [-0.2, 0) is 9.53 Å². The van der Waals surface area contributed by atoms with Crippen LogP contribution in [0.5, 0.6) is 0 Å². The number of hydrogen-bond acceptors (Lipinski definition) is 4. The molecule has 1 N–H and O–H groups in total. The fourth-order valence-corrected chi connectivity index (χ4v) is 2.38. The Bertz CT molecular complexity index is 740. The van der Waals surface area contributed by atoms with Crippen molar-refractivity contribution < 1.29 is 14.3 Å². The Hall–Kier alpha value is -2.34. The summed E-state index contributed by atoms with van der Waals surface area (Å²) < 4.78 is 6.66. The first kappa shape index (κ1) is 18.0. The maximum atomic E-state index is 12.2. The molecule has 0 aliphatic rings. The lowest BCUT2D eigenvalue weighted by molar-refractivity contribution is -0.147. The minimum Gasteiger partial charge on any atom is -0.463 e. The average Bonchev–Trinajstić information content (AvgIpc) is 2.88. The number of aromatic nitrogens is 2. The molecule has 1 heterocycles. The van der Waals surface area contributed by atoms with Gasteiger partial charge in [-0.15, -0.1) is 0 Å². The Morgan fingerprint density at radius 1 is 1.38 bits per heavy atom. The molecular formula is C17H20ClN3O3. The highest BCUT2D eigenvalue weighted by Gasteiger charge is 2.15. The maximum Gasteiger partial charge on any atom is 0.307 e. The lowest BCUT2D eigenvalue weighted by atomic mass is 10.2. The van der Waals surface area contributed by atoms with Crippen LogP contribution in [0.4, 0.5) is 0 Å². The van der Waals surface area contributed by atoms with Crippen LogP contribution in [-0.4, -0.2) is 34.3 Å². The number of nitrogens with one attached hydrogen (secondary N) is 1. The monoisotopic (exact) mass is 349 g/mol. The summed E-state index contributed by atoms with van der Waals surface area (Å²) in [6.07, 6.45) is 1.47. The van der Waals surface area contributed by atoms with Gasteiger partial charge in [-0.2, -0.15) is 5.10 Å². The predicted octanol–water partition coefficient (Wildman–Crippen LogP) is 2.91. The van der Waals surface area contributed by atoms with Crippen molar-refractivity contribution in [2.24, 2.45) is 0 Å². The Labute approximate surface area is 145 Å². The average molecular weight is 350 g/mol. The van der Waals surface area contributed by atoms with Gasteiger partial charge < -0.3 is 10.1 Å². The van der Waals surface area contributed by atoms with Gasteiger partial charge in [0.1, 0.15) is 0 Å². The number of rotatable bonds is 6. The van der Waals surface area contributed by atoms with Crippen LogP contribution in [0.15, 0.2) is 30.5 Å². The highest BCUT2D eigenvalue weighted by molar-refractivity contribution is 6.30. The Balaban J connectivity index is 2.00. The molecule has 0 fully saturated rings. The van der Waals surface area contributed by atoms with Gasteiger partial charge in [-0.3, -0.25) is 9.59 Å². The third-order valence-corrected chi connectivity index (χ3v) is 3.52. The summed E-state index contributed by atoms with van der Waals surface area (Å²) in [5.41, 5.74) is 1.92. The number of carbonyl (C=O) groups excluding carboxylic acids is 2. The minimum absolute atomic E-state index is 0.130. The van der Waals surface area contributed by atoms with E-state index in [2.05, 4.69) is 10.4 Å². The van der Waals surface area contributed by atoms with Crippen LogP contribution in [0.2, 0.25) is 5.02 Å². The Kier molecular flexibility index (Phi) is 5.98. The second-order valence-corrected chi connectivity index (χ2v) is 6.02. The first-order valence-electron chi connectivity index (χ1n) is 7.66. The standard InChI is InChI=1S/C17H20ClN3O3/c1-11(2)24-16(22)7-8-19-17(23)15-10-20-21(12(15)3)14-6-4-5-13(18)9-14/h4-6,9-11H,7-8H2,1-3H3,(H,19,23). The van der Waals surface area contributed by atoms with Gasteiger partial charge in [0.25, 0.3) is 5.91 Å². The van der Waals surface area contributed by atoms with E-state index in [4.69, 9.17) is 16.3 Å². The fraction of sp³-hybridized carbons (Fsp3) is 0.353. The van der Waals surface area contributed by atoms with Gasteiger partial charge in [-0.1, -0.05) is 17.7 Å². The van der Waals surface area contributed by atoms with Gasteiger partial charge in [0.2, 0.25) is 0 Å². The highest BCUT2D eigenvalue weighted by atomic mass is 35.5. The zero-order valence-electron chi connectivity index (χ0n) is 13.9. The van der Waals surface area contributed by atoms with Gasteiger partial charge in [-0.25, -0.2) is 4.68 Å². The van der Waals surface area contributed by atoms with E-state index in [0.29, 0.717) is 16.3 Å². The molecule has 0 aliphatic carbocycles. The van der Waals surface area contributed by atoms with Crippen LogP contribution >= 0.6 is 11.6 Å². The Morgan fingerprint density at radius 3 is 2.79 bits per heavy atom. The molecule has 0 unspecified atom stereocenters. The molecule has 0 aliphatic heterocycles. The van der Waals surface area contributed by atoms with E-state index in [9.17, 15) is 9.59 Å². The second kappa shape index (κ2) is 7.97. The van der Waals surface area contributed by atoms with Gasteiger partial charge in [0.05, 0.1) is 35.7 Å². The molecule has 2 aromatic rings. The lowest BCUT2D eigenvalue weighted by Gasteiger charge is -2.09. The number of benzene rings is 1. The van der Waals surface area contributed by atoms with E-state index in [-0.39, 0.29) is 30.9 Å². The van der Waals surface area contributed by atoms with Crippen molar-refractivity contribution >= 4 is 23.5 Å². The summed E-state index contributed by atoms with van der Waals surface area (Å²) in [6.45, 7) is 5.58. The quantitative estimate of drug-likeness (QED) is 0.814. The molecule has 7 heteroatoms. The van der Waals surface area contributed by atoms with E-state index in [1.807, 2.05) is 12.1 Å². The summed E-state index contributed by atoms with van der Waals surface area (Å²) in [5, 5.41) is 7.53. The summed E-state index contributed by atoms with van der Waals surface area (Å²) in [5.74, 6) is -0.616. The normalized spacial score (nSPS) is 10.7. The molecule has 0 saturated heterocycles. The molecule has 0 saturated carbocycles. The molecule has 24 heavy (non-hydrogen) atoms. The molecule has 1 amide bonds. The van der Waals surface area contributed by atoms with Gasteiger partial charge in [0.15, 0.2) is 0 Å². The summed E-state index contributed by atoms with van der Waals surface area (Å²) in [6, 6.07) is 7.22. The van der Waals surface area contributed by atoms with E-state index in [1.54, 1.807) is 37.6 Å². The number of ether oxygens (including phenoxy) is 1. The molecule has 2 rings (SSSR count). The summed E-state index contributed by atoms with van der Waals surface area (Å²) in [7, 11) is 0. The van der Waals surface area contributed by atoms with Gasteiger partial charge in [-0.05, 0) is 39.0 Å². The van der Waals surface area contributed by atoms with Crippen molar-refractivity contribution in [1.82, 2.24) is 15.1 Å². The zero-order chi connectivity index (χ0) is 17.7. The Morgan fingerprint density at radius 2 is 2.12 bits per heavy atom. The van der Waals surface area contributed by atoms with Crippen molar-refractivity contribution in [2.45, 2.75) is 33.3 Å². The molecule has 1 aromatic heterocycles. The third-order valence-electron chi connectivity index (χ3n) is 3.29. The van der Waals surface area contributed by atoms with E-state index < -0.39 is 0 Å². The SMILES string of the molecule is Cc1c(C(=O)NCCC(=O)OC(C)C)cnn1-c1cccc(Cl)c1. The van der Waals surface area contributed by atoms with Gasteiger partial charge >= 0.3 is 5.97 Å². The number of amides is 1. The number of carbonyl (C=O) groups is 2. The topological polar surface area (TPSA) is 73.2 Å². The molecule has 0 bridgehead atoms. The predicted molar refractivity (Wildman–Crippen MR) is 91.5 cm³/mol. The molecule has 1 aromatic carbocycles. The fourth-order valence-electron chi connectivity index (χ4n) is 2.20. The van der Waals surface area contributed by atoms with Crippen LogP contribution in [0.3, 0.4) is 0 Å². The van der Waals surface area contributed by atoms with E-state index in [1.165, 1.54) is 6.20 Å². The smallest absolute Gasteiger partial charge is 0.307 e. The van der Waals surface area contributed by atoms with Crippen molar-refractivity contribution in [3.05, 3.63) is 46.7 Å². The summed E-state index contributed by atoms with van der Waals surface area (Å²) in [4.78, 5) is 23.7.